The second-order valence-electron chi connectivity index (χ2n) is 10.8. The van der Waals surface area contributed by atoms with Crippen molar-refractivity contribution in [3.63, 3.8) is 0 Å². The van der Waals surface area contributed by atoms with Crippen molar-refractivity contribution in [1.29, 1.82) is 5.26 Å². The van der Waals surface area contributed by atoms with Gasteiger partial charge in [-0.1, -0.05) is 51.1 Å². The van der Waals surface area contributed by atoms with Crippen LogP contribution in [0, 0.1) is 39.9 Å². The lowest BCUT2D eigenvalue weighted by Gasteiger charge is -2.63. The minimum absolute atomic E-state index is 0.178. The third-order valence-corrected chi connectivity index (χ3v) is 7.41. The van der Waals surface area contributed by atoms with Crippen LogP contribution in [-0.4, -0.2) is 42.8 Å². The highest BCUT2D eigenvalue weighted by Crippen LogP contribution is 2.60. The zero-order valence-electron chi connectivity index (χ0n) is 23.7. The monoisotopic (exact) mass is 551 g/mol. The van der Waals surface area contributed by atoms with Crippen LogP contribution in [0.2, 0.25) is 5.02 Å². The molecule has 0 bridgehead atoms. The number of aliphatic carboxylic acids is 1. The first-order valence-corrected chi connectivity index (χ1v) is 13.2. The maximum atomic E-state index is 12.9. The minimum Gasteiger partial charge on any atom is -0.489 e. The summed E-state index contributed by atoms with van der Waals surface area (Å²) in [5, 5.41) is 20.8. The SMILES string of the molecule is [2H]C(NC(=O)c1ccc(C#CCCCCOCC(=O)O)cc1)C1C(C)(C)C(Oc2ccc(C#N)c(Cl)c2)C1(C)C. The van der Waals surface area contributed by atoms with E-state index >= 15 is 0 Å². The Kier molecular flexibility index (Phi) is 9.51. The molecule has 0 aromatic heterocycles. The molecule has 1 unspecified atom stereocenters. The van der Waals surface area contributed by atoms with Crippen molar-refractivity contribution in [2.24, 2.45) is 16.7 Å². The molecular weight excluding hydrogens is 516 g/mol. The Morgan fingerprint density at radius 2 is 1.82 bits per heavy atom. The Bertz CT molecular complexity index is 1310. The quantitative estimate of drug-likeness (QED) is 0.274. The molecular formula is C31H35ClN2O5. The van der Waals surface area contributed by atoms with Gasteiger partial charge in [-0.2, -0.15) is 5.26 Å². The van der Waals surface area contributed by atoms with Crippen LogP contribution in [-0.2, 0) is 9.53 Å². The van der Waals surface area contributed by atoms with Gasteiger partial charge in [0.25, 0.3) is 5.91 Å². The number of amides is 1. The summed E-state index contributed by atoms with van der Waals surface area (Å²) in [6.07, 6.45) is 1.98. The minimum atomic E-state index is -0.976. The van der Waals surface area contributed by atoms with Crippen molar-refractivity contribution in [3.05, 3.63) is 64.2 Å². The van der Waals surface area contributed by atoms with Crippen LogP contribution in [0.5, 0.6) is 5.75 Å². The normalized spacial score (nSPS) is 19.7. The number of carbonyl (C=O) groups is 2. The number of hydrogen-bond donors (Lipinski definition) is 2. The highest BCUT2D eigenvalue weighted by Gasteiger charge is 2.63. The number of nitriles is 1. The maximum absolute atomic E-state index is 12.9. The molecule has 3 rings (SSSR count). The van der Waals surface area contributed by atoms with Crippen LogP contribution in [0.4, 0.5) is 0 Å². The molecule has 7 nitrogen and oxygen atoms in total. The summed E-state index contributed by atoms with van der Waals surface area (Å²) in [5.74, 6) is 5.22. The van der Waals surface area contributed by atoms with E-state index in [0.29, 0.717) is 34.9 Å². The molecule has 0 aliphatic heterocycles. The number of nitrogens with one attached hydrogen (secondary N) is 1. The van der Waals surface area contributed by atoms with Gasteiger partial charge in [-0.05, 0) is 55.2 Å². The number of hydrogen-bond acceptors (Lipinski definition) is 5. The number of benzene rings is 2. The number of carboxylic acid groups (broad SMARTS) is 1. The van der Waals surface area contributed by atoms with Crippen LogP contribution >= 0.6 is 11.6 Å². The molecule has 1 aliphatic carbocycles. The summed E-state index contributed by atoms with van der Waals surface area (Å²) in [6, 6.07) is 14.0. The van der Waals surface area contributed by atoms with Crippen LogP contribution in [0.25, 0.3) is 0 Å². The van der Waals surface area contributed by atoms with Crippen molar-refractivity contribution >= 4 is 23.5 Å². The average Bonchev–Trinajstić information content (AvgIpc) is 2.88. The van der Waals surface area contributed by atoms with E-state index in [0.717, 1.165) is 18.4 Å². The molecule has 1 aliphatic rings. The molecule has 2 aromatic carbocycles. The fraction of sp³-hybridized carbons (Fsp3) is 0.452. The number of ether oxygens (including phenoxy) is 2. The summed E-state index contributed by atoms with van der Waals surface area (Å²) in [7, 11) is 0. The smallest absolute Gasteiger partial charge is 0.329 e. The molecule has 2 aromatic rings. The summed E-state index contributed by atoms with van der Waals surface area (Å²) < 4.78 is 20.1. The average molecular weight is 552 g/mol. The molecule has 1 amide bonds. The third-order valence-electron chi connectivity index (χ3n) is 7.10. The van der Waals surface area contributed by atoms with Gasteiger partial charge in [-0.3, -0.25) is 4.79 Å². The highest BCUT2D eigenvalue weighted by molar-refractivity contribution is 6.31. The van der Waals surface area contributed by atoms with E-state index in [2.05, 4.69) is 17.2 Å². The van der Waals surface area contributed by atoms with Crippen LogP contribution in [0.15, 0.2) is 42.5 Å². The first kappa shape index (κ1) is 28.5. The molecule has 1 fully saturated rings. The lowest BCUT2D eigenvalue weighted by atomic mass is 9.45. The van der Waals surface area contributed by atoms with Gasteiger partial charge in [0.1, 0.15) is 24.5 Å². The van der Waals surface area contributed by atoms with E-state index < -0.39 is 23.3 Å². The van der Waals surface area contributed by atoms with E-state index in [-0.39, 0.29) is 24.5 Å². The first-order valence-electron chi connectivity index (χ1n) is 13.4. The Labute approximate surface area is 236 Å². The molecule has 0 radical (unpaired) electrons. The molecule has 0 heterocycles. The number of carbonyl (C=O) groups excluding carboxylic acids is 1. The lowest BCUT2D eigenvalue weighted by Crippen LogP contribution is -2.68. The molecule has 0 saturated heterocycles. The molecule has 2 N–H and O–H groups in total. The number of carboxylic acids is 1. The number of halogens is 1. The van der Waals surface area contributed by atoms with Gasteiger partial charge < -0.3 is 19.9 Å². The van der Waals surface area contributed by atoms with E-state index in [9.17, 15) is 9.59 Å². The van der Waals surface area contributed by atoms with Crippen molar-refractivity contribution < 1.29 is 25.5 Å². The zero-order valence-corrected chi connectivity index (χ0v) is 23.5. The highest BCUT2D eigenvalue weighted by atomic mass is 35.5. The van der Waals surface area contributed by atoms with Gasteiger partial charge in [0.15, 0.2) is 0 Å². The van der Waals surface area contributed by atoms with E-state index in [1.807, 2.05) is 33.8 Å². The number of rotatable bonds is 11. The van der Waals surface area contributed by atoms with Crippen LogP contribution < -0.4 is 10.1 Å². The van der Waals surface area contributed by atoms with Crippen molar-refractivity contribution in [3.8, 4) is 23.7 Å². The maximum Gasteiger partial charge on any atom is 0.329 e. The number of nitrogens with zero attached hydrogens (tertiary/aromatic N) is 1. The Balaban J connectivity index is 1.53. The predicted molar refractivity (Wildman–Crippen MR) is 150 cm³/mol. The van der Waals surface area contributed by atoms with Gasteiger partial charge >= 0.3 is 5.97 Å². The van der Waals surface area contributed by atoms with Crippen molar-refractivity contribution in [2.75, 3.05) is 19.7 Å². The Morgan fingerprint density at radius 3 is 2.44 bits per heavy atom. The summed E-state index contributed by atoms with van der Waals surface area (Å²) in [5.41, 5.74) is 0.792. The zero-order chi connectivity index (χ0) is 29.5. The van der Waals surface area contributed by atoms with Crippen molar-refractivity contribution in [1.82, 2.24) is 5.32 Å². The molecule has 8 heteroatoms. The Hall–Kier alpha value is -3.52. The van der Waals surface area contributed by atoms with Gasteiger partial charge in [-0.25, -0.2) is 4.79 Å². The molecule has 1 atom stereocenters. The van der Waals surface area contributed by atoms with Crippen molar-refractivity contribution in [2.45, 2.75) is 53.1 Å². The molecule has 206 valence electrons. The summed E-state index contributed by atoms with van der Waals surface area (Å²) >= 11 is 6.17. The second-order valence-corrected chi connectivity index (χ2v) is 11.2. The Morgan fingerprint density at radius 1 is 1.13 bits per heavy atom. The van der Waals surface area contributed by atoms with Crippen LogP contribution in [0.3, 0.4) is 0 Å². The third kappa shape index (κ3) is 7.53. The fourth-order valence-electron chi connectivity index (χ4n) is 5.37. The second kappa shape index (κ2) is 13.0. The standard InChI is InChI=1S/C31H35ClN2O5/c1-30(2)26(31(3,4)29(30)39-24-15-14-23(18-33)25(32)17-24)19-34-28(37)22-12-10-21(11-13-22)9-7-5-6-8-16-38-20-27(35)36/h10-15,17,26,29H,5-6,8,16,19-20H2,1-4H3,(H,34,37)(H,35,36)/i19D. The number of unbranched alkanes of at least 4 members (excludes halogenated alkanes) is 2. The molecule has 39 heavy (non-hydrogen) atoms. The largest absolute Gasteiger partial charge is 0.489 e. The van der Waals surface area contributed by atoms with E-state index in [1.54, 1.807) is 42.5 Å². The topological polar surface area (TPSA) is 109 Å². The van der Waals surface area contributed by atoms with E-state index in [1.165, 1.54) is 0 Å². The van der Waals surface area contributed by atoms with E-state index in [4.69, 9.17) is 32.8 Å². The van der Waals surface area contributed by atoms with Gasteiger partial charge in [-0.15, -0.1) is 0 Å². The van der Waals surface area contributed by atoms with Gasteiger partial charge in [0, 0.05) is 48.9 Å². The fourth-order valence-corrected chi connectivity index (χ4v) is 5.58. The summed E-state index contributed by atoms with van der Waals surface area (Å²) in [6.45, 7) is 7.39. The van der Waals surface area contributed by atoms with Crippen LogP contribution in [0.1, 0.15) is 69.8 Å². The first-order chi connectivity index (χ1) is 18.9. The summed E-state index contributed by atoms with van der Waals surface area (Å²) in [4.78, 5) is 23.3. The molecule has 1 saturated carbocycles. The van der Waals surface area contributed by atoms with Gasteiger partial charge in [0.2, 0.25) is 0 Å². The van der Waals surface area contributed by atoms with Gasteiger partial charge in [0.05, 0.1) is 10.6 Å². The molecule has 0 spiro atoms. The predicted octanol–water partition coefficient (Wildman–Crippen LogP) is 5.69. The lowest BCUT2D eigenvalue weighted by molar-refractivity contribution is -0.195.